The van der Waals surface area contributed by atoms with E-state index in [1.54, 1.807) is 11.0 Å². The number of nitro benzene ring substituents is 1. The molecule has 120 valence electrons. The first-order chi connectivity index (χ1) is 11.1. The average molecular weight is 315 g/mol. The third-order valence-corrected chi connectivity index (χ3v) is 4.16. The summed E-state index contributed by atoms with van der Waals surface area (Å²) in [6.45, 7) is 3.55. The van der Waals surface area contributed by atoms with Crippen LogP contribution in [0, 0.1) is 16.0 Å². The van der Waals surface area contributed by atoms with Gasteiger partial charge < -0.3 is 4.90 Å². The van der Waals surface area contributed by atoms with Gasteiger partial charge in [0.1, 0.15) is 18.3 Å². The molecule has 3 rings (SSSR count). The van der Waals surface area contributed by atoms with E-state index in [4.69, 9.17) is 0 Å². The van der Waals surface area contributed by atoms with Gasteiger partial charge >= 0.3 is 0 Å². The van der Waals surface area contributed by atoms with Crippen molar-refractivity contribution in [2.75, 3.05) is 13.1 Å². The first-order valence-corrected chi connectivity index (χ1v) is 7.49. The van der Waals surface area contributed by atoms with E-state index < -0.39 is 4.92 Å². The molecule has 0 N–H and O–H groups in total. The lowest BCUT2D eigenvalue weighted by molar-refractivity contribution is -0.384. The van der Waals surface area contributed by atoms with Gasteiger partial charge in [-0.2, -0.15) is 5.10 Å². The first kappa shape index (κ1) is 15.1. The van der Waals surface area contributed by atoms with E-state index in [1.807, 2.05) is 0 Å². The topological polar surface area (TPSA) is 94.2 Å². The van der Waals surface area contributed by atoms with E-state index in [-0.39, 0.29) is 17.3 Å². The predicted molar refractivity (Wildman–Crippen MR) is 82.3 cm³/mol. The van der Waals surface area contributed by atoms with Crippen molar-refractivity contribution >= 4 is 11.6 Å². The third kappa shape index (κ3) is 3.05. The summed E-state index contributed by atoms with van der Waals surface area (Å²) in [7, 11) is 0. The summed E-state index contributed by atoms with van der Waals surface area (Å²) in [5.41, 5.74) is 0.457. The summed E-state index contributed by atoms with van der Waals surface area (Å²) < 4.78 is 1.31. The molecule has 0 atom stereocenters. The minimum Gasteiger partial charge on any atom is -0.339 e. The molecule has 1 aromatic heterocycles. The van der Waals surface area contributed by atoms with Gasteiger partial charge in [0.05, 0.1) is 4.92 Å². The van der Waals surface area contributed by atoms with Crippen molar-refractivity contribution in [2.24, 2.45) is 5.92 Å². The van der Waals surface area contributed by atoms with Gasteiger partial charge in [-0.05, 0) is 30.9 Å². The van der Waals surface area contributed by atoms with E-state index >= 15 is 0 Å². The van der Waals surface area contributed by atoms with E-state index in [0.29, 0.717) is 24.6 Å². The zero-order chi connectivity index (χ0) is 16.4. The van der Waals surface area contributed by atoms with Crippen molar-refractivity contribution in [1.29, 1.82) is 0 Å². The Morgan fingerprint density at radius 3 is 2.70 bits per heavy atom. The third-order valence-electron chi connectivity index (χ3n) is 4.16. The van der Waals surface area contributed by atoms with E-state index in [9.17, 15) is 14.9 Å². The highest BCUT2D eigenvalue weighted by atomic mass is 16.6. The second-order valence-corrected chi connectivity index (χ2v) is 5.78. The van der Waals surface area contributed by atoms with Crippen LogP contribution in [-0.2, 0) is 0 Å². The molecule has 0 bridgehead atoms. The standard InChI is InChI=1S/C15H17N5O3/c1-11-4-6-18(7-5-11)15(21)12-2-3-13(14(8-12)20(22)23)19-10-16-9-17-19/h2-3,8-11H,4-7H2,1H3. The molecule has 1 aliphatic heterocycles. The molecule has 1 fully saturated rings. The Hall–Kier alpha value is -2.77. The molecule has 0 aliphatic carbocycles. The number of carbonyl (C=O) groups is 1. The van der Waals surface area contributed by atoms with Crippen molar-refractivity contribution in [3.63, 3.8) is 0 Å². The average Bonchev–Trinajstić information content (AvgIpc) is 3.08. The van der Waals surface area contributed by atoms with Gasteiger partial charge in [0.2, 0.25) is 0 Å². The van der Waals surface area contributed by atoms with Crippen LogP contribution in [0.3, 0.4) is 0 Å². The fourth-order valence-corrected chi connectivity index (χ4v) is 2.72. The number of carbonyl (C=O) groups excluding carboxylic acids is 1. The fourth-order valence-electron chi connectivity index (χ4n) is 2.72. The molecule has 1 saturated heterocycles. The van der Waals surface area contributed by atoms with Gasteiger partial charge in [0, 0.05) is 24.7 Å². The molecule has 8 heteroatoms. The van der Waals surface area contributed by atoms with Crippen LogP contribution >= 0.6 is 0 Å². The Bertz CT molecular complexity index is 721. The van der Waals surface area contributed by atoms with Crippen LogP contribution in [0.5, 0.6) is 0 Å². The second kappa shape index (κ2) is 6.15. The van der Waals surface area contributed by atoms with Crippen LogP contribution in [0.1, 0.15) is 30.1 Å². The summed E-state index contributed by atoms with van der Waals surface area (Å²) >= 11 is 0. The SMILES string of the molecule is CC1CCN(C(=O)c2ccc(-n3cncn3)c([N+](=O)[O-])c2)CC1. The molecule has 0 spiro atoms. The van der Waals surface area contributed by atoms with E-state index in [1.165, 1.54) is 29.5 Å². The molecule has 1 aliphatic rings. The molecule has 2 heterocycles. The van der Waals surface area contributed by atoms with Gasteiger partial charge in [-0.3, -0.25) is 14.9 Å². The van der Waals surface area contributed by atoms with Gasteiger partial charge in [-0.1, -0.05) is 6.92 Å². The molecule has 0 saturated carbocycles. The Morgan fingerprint density at radius 1 is 1.35 bits per heavy atom. The van der Waals surface area contributed by atoms with Gasteiger partial charge in [0.15, 0.2) is 0 Å². The Morgan fingerprint density at radius 2 is 2.09 bits per heavy atom. The maximum absolute atomic E-state index is 12.5. The van der Waals surface area contributed by atoms with Crippen molar-refractivity contribution in [1.82, 2.24) is 19.7 Å². The summed E-state index contributed by atoms with van der Waals surface area (Å²) in [5, 5.41) is 15.2. The first-order valence-electron chi connectivity index (χ1n) is 7.49. The van der Waals surface area contributed by atoms with Crippen LogP contribution in [0.4, 0.5) is 5.69 Å². The highest BCUT2D eigenvalue weighted by Crippen LogP contribution is 2.25. The highest BCUT2D eigenvalue weighted by molar-refractivity contribution is 5.95. The van der Waals surface area contributed by atoms with Crippen molar-refractivity contribution < 1.29 is 9.72 Å². The molecule has 1 amide bonds. The number of rotatable bonds is 3. The van der Waals surface area contributed by atoms with Crippen LogP contribution in [-0.4, -0.2) is 43.6 Å². The molecule has 23 heavy (non-hydrogen) atoms. The highest BCUT2D eigenvalue weighted by Gasteiger charge is 2.24. The maximum atomic E-state index is 12.5. The molecule has 8 nitrogen and oxygen atoms in total. The largest absolute Gasteiger partial charge is 0.339 e. The number of hydrogen-bond donors (Lipinski definition) is 0. The maximum Gasteiger partial charge on any atom is 0.295 e. The van der Waals surface area contributed by atoms with E-state index in [2.05, 4.69) is 17.0 Å². The zero-order valence-electron chi connectivity index (χ0n) is 12.8. The molecule has 2 aromatic rings. The number of nitro groups is 1. The Balaban J connectivity index is 1.90. The van der Waals surface area contributed by atoms with Crippen molar-refractivity contribution in [3.8, 4) is 5.69 Å². The Labute approximate surface area is 132 Å². The smallest absolute Gasteiger partial charge is 0.295 e. The van der Waals surface area contributed by atoms with Gasteiger partial charge in [-0.25, -0.2) is 9.67 Å². The zero-order valence-corrected chi connectivity index (χ0v) is 12.8. The van der Waals surface area contributed by atoms with Crippen LogP contribution in [0.2, 0.25) is 0 Å². The van der Waals surface area contributed by atoms with Crippen molar-refractivity contribution in [3.05, 3.63) is 46.5 Å². The van der Waals surface area contributed by atoms with Gasteiger partial charge in [-0.15, -0.1) is 0 Å². The lowest BCUT2D eigenvalue weighted by Crippen LogP contribution is -2.37. The quantitative estimate of drug-likeness (QED) is 0.638. The summed E-state index contributed by atoms with van der Waals surface area (Å²) in [6, 6.07) is 4.45. The minimum atomic E-state index is -0.508. The van der Waals surface area contributed by atoms with Crippen LogP contribution in [0.15, 0.2) is 30.9 Å². The minimum absolute atomic E-state index is 0.160. The van der Waals surface area contributed by atoms with Crippen LogP contribution in [0.25, 0.3) is 5.69 Å². The number of nitrogens with zero attached hydrogens (tertiary/aromatic N) is 5. The summed E-state index contributed by atoms with van der Waals surface area (Å²) in [5.74, 6) is 0.452. The number of hydrogen-bond acceptors (Lipinski definition) is 5. The van der Waals surface area contributed by atoms with Crippen LogP contribution < -0.4 is 0 Å². The van der Waals surface area contributed by atoms with Crippen molar-refractivity contribution in [2.45, 2.75) is 19.8 Å². The predicted octanol–water partition coefficient (Wildman–Crippen LogP) is 2.05. The number of benzene rings is 1. The molecule has 1 aromatic carbocycles. The molecular weight excluding hydrogens is 298 g/mol. The normalized spacial score (nSPS) is 15.6. The lowest BCUT2D eigenvalue weighted by atomic mass is 9.98. The fraction of sp³-hybridized carbons (Fsp3) is 0.400. The lowest BCUT2D eigenvalue weighted by Gasteiger charge is -2.30. The summed E-state index contributed by atoms with van der Waals surface area (Å²) in [4.78, 5) is 28.9. The molecule has 0 unspecified atom stereocenters. The number of aromatic nitrogens is 3. The second-order valence-electron chi connectivity index (χ2n) is 5.78. The monoisotopic (exact) mass is 315 g/mol. The number of piperidine rings is 1. The Kier molecular flexibility index (Phi) is 4.05. The molecule has 0 radical (unpaired) electrons. The number of likely N-dealkylation sites (tertiary alicyclic amines) is 1. The molecular formula is C15H17N5O3. The number of amides is 1. The summed E-state index contributed by atoms with van der Waals surface area (Å²) in [6.07, 6.45) is 4.61. The van der Waals surface area contributed by atoms with E-state index in [0.717, 1.165) is 12.8 Å². The van der Waals surface area contributed by atoms with Gasteiger partial charge in [0.25, 0.3) is 11.6 Å².